The molecule has 0 saturated heterocycles. The Kier molecular flexibility index (Phi) is 6.52. The van der Waals surface area contributed by atoms with Gasteiger partial charge >= 0.3 is 5.97 Å². The monoisotopic (exact) mass is 295 g/mol. The third-order valence-corrected chi connectivity index (χ3v) is 2.77. The summed E-state index contributed by atoms with van der Waals surface area (Å²) in [6, 6.07) is 6.03. The van der Waals surface area contributed by atoms with Crippen LogP contribution in [0.15, 0.2) is 24.3 Å². The molecule has 0 aliphatic carbocycles. The highest BCUT2D eigenvalue weighted by atomic mass is 16.5. The van der Waals surface area contributed by atoms with Crippen LogP contribution in [0, 0.1) is 5.92 Å². The summed E-state index contributed by atoms with van der Waals surface area (Å²) in [6.45, 7) is 3.53. The van der Waals surface area contributed by atoms with E-state index in [0.29, 0.717) is 17.9 Å². The molecule has 1 atom stereocenters. The largest absolute Gasteiger partial charge is 0.493 e. The van der Waals surface area contributed by atoms with Gasteiger partial charge in [-0.25, -0.2) is 4.79 Å². The van der Waals surface area contributed by atoms with Gasteiger partial charge in [0.2, 0.25) is 0 Å². The van der Waals surface area contributed by atoms with Gasteiger partial charge in [0.15, 0.2) is 18.1 Å². The van der Waals surface area contributed by atoms with E-state index in [9.17, 15) is 9.59 Å². The van der Waals surface area contributed by atoms with Gasteiger partial charge in [0.1, 0.15) is 6.04 Å². The number of methoxy groups -OCH3 is 1. The van der Waals surface area contributed by atoms with Gasteiger partial charge in [-0.3, -0.25) is 4.79 Å². The van der Waals surface area contributed by atoms with Crippen LogP contribution in [-0.2, 0) is 9.59 Å². The molecule has 0 aliphatic rings. The highest BCUT2D eigenvalue weighted by Gasteiger charge is 2.21. The normalized spacial score (nSPS) is 11.8. The topological polar surface area (TPSA) is 84.9 Å². The molecule has 0 spiro atoms. The maximum Gasteiger partial charge on any atom is 0.326 e. The molecule has 1 amide bonds. The lowest BCUT2D eigenvalue weighted by Gasteiger charge is -2.17. The number of ether oxygens (including phenoxy) is 2. The Balaban J connectivity index is 2.54. The summed E-state index contributed by atoms with van der Waals surface area (Å²) in [5.74, 6) is -0.405. The second-order valence-electron chi connectivity index (χ2n) is 5.03. The highest BCUT2D eigenvalue weighted by molar-refractivity contribution is 5.84. The lowest BCUT2D eigenvalue weighted by atomic mass is 10.0. The molecule has 116 valence electrons. The van der Waals surface area contributed by atoms with E-state index in [0.717, 1.165) is 0 Å². The highest BCUT2D eigenvalue weighted by Crippen LogP contribution is 2.25. The molecule has 0 radical (unpaired) electrons. The van der Waals surface area contributed by atoms with Gasteiger partial charge in [-0.05, 0) is 24.5 Å². The van der Waals surface area contributed by atoms with Crippen molar-refractivity contribution in [2.24, 2.45) is 5.92 Å². The van der Waals surface area contributed by atoms with E-state index in [1.54, 1.807) is 24.3 Å². The van der Waals surface area contributed by atoms with Crippen molar-refractivity contribution in [1.82, 2.24) is 5.32 Å². The fourth-order valence-corrected chi connectivity index (χ4v) is 1.81. The van der Waals surface area contributed by atoms with Crippen LogP contribution < -0.4 is 14.8 Å². The lowest BCUT2D eigenvalue weighted by Crippen LogP contribution is -2.43. The molecule has 6 heteroatoms. The summed E-state index contributed by atoms with van der Waals surface area (Å²) in [5.41, 5.74) is 0. The zero-order valence-electron chi connectivity index (χ0n) is 12.5. The fourth-order valence-electron chi connectivity index (χ4n) is 1.81. The van der Waals surface area contributed by atoms with Crippen molar-refractivity contribution in [2.45, 2.75) is 26.3 Å². The smallest absolute Gasteiger partial charge is 0.326 e. The minimum absolute atomic E-state index is 0.168. The van der Waals surface area contributed by atoms with Gasteiger partial charge in [-0.1, -0.05) is 26.0 Å². The molecule has 1 rings (SSSR count). The molecule has 6 nitrogen and oxygen atoms in total. The van der Waals surface area contributed by atoms with Gasteiger partial charge in [-0.15, -0.1) is 0 Å². The average molecular weight is 295 g/mol. The predicted molar refractivity (Wildman–Crippen MR) is 77.5 cm³/mol. The third-order valence-electron chi connectivity index (χ3n) is 2.77. The Morgan fingerprint density at radius 1 is 1.24 bits per heavy atom. The molecule has 1 aromatic carbocycles. The van der Waals surface area contributed by atoms with Crippen molar-refractivity contribution in [3.63, 3.8) is 0 Å². The van der Waals surface area contributed by atoms with Crippen molar-refractivity contribution in [3.05, 3.63) is 24.3 Å². The summed E-state index contributed by atoms with van der Waals surface area (Å²) >= 11 is 0. The number of hydrogen-bond donors (Lipinski definition) is 2. The number of aliphatic carboxylic acids is 1. The van der Waals surface area contributed by atoms with Crippen molar-refractivity contribution >= 4 is 11.9 Å². The molecule has 0 aromatic heterocycles. The second-order valence-corrected chi connectivity index (χ2v) is 5.03. The molecule has 0 aliphatic heterocycles. The molecule has 0 fully saturated rings. The number of carboxylic acid groups (broad SMARTS) is 1. The van der Waals surface area contributed by atoms with Gasteiger partial charge < -0.3 is 19.9 Å². The van der Waals surface area contributed by atoms with Crippen LogP contribution in [0.25, 0.3) is 0 Å². The molecule has 0 bridgehead atoms. The molecule has 0 saturated carbocycles. The predicted octanol–water partition coefficient (Wildman–Crippen LogP) is 1.69. The minimum atomic E-state index is -1.05. The maximum absolute atomic E-state index is 11.8. The number of para-hydroxylation sites is 2. The Morgan fingerprint density at radius 3 is 2.38 bits per heavy atom. The van der Waals surface area contributed by atoms with Crippen LogP contribution in [0.3, 0.4) is 0 Å². The van der Waals surface area contributed by atoms with Crippen LogP contribution in [0.2, 0.25) is 0 Å². The van der Waals surface area contributed by atoms with E-state index >= 15 is 0 Å². The van der Waals surface area contributed by atoms with Gasteiger partial charge in [0.05, 0.1) is 7.11 Å². The zero-order valence-corrected chi connectivity index (χ0v) is 12.5. The molecular weight excluding hydrogens is 274 g/mol. The molecule has 2 N–H and O–H groups in total. The van der Waals surface area contributed by atoms with Crippen LogP contribution in [0.4, 0.5) is 0 Å². The Labute approximate surface area is 124 Å². The standard InChI is InChI=1S/C15H21NO5/c1-10(2)8-11(15(18)19)16-14(17)9-21-13-7-5-4-6-12(13)20-3/h4-7,10-11H,8-9H2,1-3H3,(H,16,17)(H,18,19)/t11-/m0/s1. The van der Waals surface area contributed by atoms with Gasteiger partial charge in [0.25, 0.3) is 5.91 Å². The van der Waals surface area contributed by atoms with Crippen molar-refractivity contribution in [2.75, 3.05) is 13.7 Å². The van der Waals surface area contributed by atoms with Crippen molar-refractivity contribution in [3.8, 4) is 11.5 Å². The van der Waals surface area contributed by atoms with Crippen LogP contribution >= 0.6 is 0 Å². The van der Waals surface area contributed by atoms with E-state index in [1.807, 2.05) is 13.8 Å². The summed E-state index contributed by atoms with van der Waals surface area (Å²) in [6.07, 6.45) is 0.371. The number of amides is 1. The maximum atomic E-state index is 11.8. The second kappa shape index (κ2) is 8.14. The molecule has 0 unspecified atom stereocenters. The quantitative estimate of drug-likeness (QED) is 0.762. The molecular formula is C15H21NO5. The first-order valence-corrected chi connectivity index (χ1v) is 6.72. The number of carboxylic acids is 1. The summed E-state index contributed by atoms with van der Waals surface area (Å²) in [5, 5.41) is 11.5. The molecule has 1 aromatic rings. The number of nitrogens with one attached hydrogen (secondary N) is 1. The first-order valence-electron chi connectivity index (χ1n) is 6.72. The SMILES string of the molecule is COc1ccccc1OCC(=O)N[C@@H](CC(C)C)C(=O)O. The lowest BCUT2D eigenvalue weighted by molar-refractivity contribution is -0.142. The van der Waals surface area contributed by atoms with Crippen LogP contribution in [-0.4, -0.2) is 36.7 Å². The Morgan fingerprint density at radius 2 is 1.86 bits per heavy atom. The fraction of sp³-hybridized carbons (Fsp3) is 0.467. The van der Waals surface area contributed by atoms with Gasteiger partial charge in [-0.2, -0.15) is 0 Å². The van der Waals surface area contributed by atoms with Gasteiger partial charge in [0, 0.05) is 0 Å². The number of rotatable bonds is 8. The molecule has 0 heterocycles. The number of carbonyl (C=O) groups excluding carboxylic acids is 1. The van der Waals surface area contributed by atoms with Crippen LogP contribution in [0.5, 0.6) is 11.5 Å². The number of benzene rings is 1. The van der Waals surface area contributed by atoms with Crippen molar-refractivity contribution < 1.29 is 24.2 Å². The average Bonchev–Trinajstić information content (AvgIpc) is 2.44. The first kappa shape index (κ1) is 16.8. The van der Waals surface area contributed by atoms with E-state index < -0.39 is 17.9 Å². The van der Waals surface area contributed by atoms with E-state index in [4.69, 9.17) is 14.6 Å². The van der Waals surface area contributed by atoms with E-state index in [1.165, 1.54) is 7.11 Å². The summed E-state index contributed by atoms with van der Waals surface area (Å²) in [7, 11) is 1.51. The Hall–Kier alpha value is -2.24. The zero-order chi connectivity index (χ0) is 15.8. The molecule has 21 heavy (non-hydrogen) atoms. The summed E-state index contributed by atoms with van der Waals surface area (Å²) in [4.78, 5) is 22.8. The number of carbonyl (C=O) groups is 2. The van der Waals surface area contributed by atoms with E-state index in [2.05, 4.69) is 5.32 Å². The number of hydrogen-bond acceptors (Lipinski definition) is 4. The van der Waals surface area contributed by atoms with Crippen LogP contribution in [0.1, 0.15) is 20.3 Å². The minimum Gasteiger partial charge on any atom is -0.493 e. The summed E-state index contributed by atoms with van der Waals surface area (Å²) < 4.78 is 10.4. The Bertz CT molecular complexity index is 487. The first-order chi connectivity index (χ1) is 9.93. The van der Waals surface area contributed by atoms with Crippen molar-refractivity contribution in [1.29, 1.82) is 0 Å². The third kappa shape index (κ3) is 5.72. The van der Waals surface area contributed by atoms with E-state index in [-0.39, 0.29) is 12.5 Å².